The van der Waals surface area contributed by atoms with E-state index in [0.29, 0.717) is 17.8 Å². The highest BCUT2D eigenvalue weighted by Crippen LogP contribution is 2.41. The largest absolute Gasteiger partial charge is 0.327 e. The van der Waals surface area contributed by atoms with Crippen molar-refractivity contribution in [2.45, 2.75) is 71.6 Å². The maximum atomic E-state index is 6.59. The Bertz CT molecular complexity index is 756. The molecule has 0 aromatic heterocycles. The van der Waals surface area contributed by atoms with E-state index in [1.165, 1.54) is 33.6 Å². The van der Waals surface area contributed by atoms with Gasteiger partial charge < -0.3 is 9.80 Å². The molecule has 2 aromatic carbocycles. The number of anilines is 2. The highest BCUT2D eigenvalue weighted by molar-refractivity contribution is 6.21. The number of benzene rings is 2. The molecule has 1 aliphatic heterocycles. The van der Waals surface area contributed by atoms with Gasteiger partial charge in [0.1, 0.15) is 0 Å². The summed E-state index contributed by atoms with van der Waals surface area (Å²) in [5, 5.41) is -0.0275. The zero-order valence-electron chi connectivity index (χ0n) is 18.9. The average Bonchev–Trinajstić information content (AvgIpc) is 3.15. The standard InChI is InChI=1S/C26H35ClN2/c1-17(2)21-10-8-11-22(18(3)4)25(21)28-14-15-29(16-28)26-23(19(5)6)12-9-13-24(26)20(7)27/h8-15,17-20H,16H2,1-7H3. The molecule has 29 heavy (non-hydrogen) atoms. The molecule has 0 amide bonds. The fourth-order valence-electron chi connectivity index (χ4n) is 4.25. The Labute approximate surface area is 182 Å². The van der Waals surface area contributed by atoms with Crippen LogP contribution in [-0.4, -0.2) is 6.67 Å². The Morgan fingerprint density at radius 1 is 0.621 bits per heavy atom. The fourth-order valence-corrected chi connectivity index (χ4v) is 4.43. The molecule has 0 radical (unpaired) electrons. The predicted molar refractivity (Wildman–Crippen MR) is 128 cm³/mol. The summed E-state index contributed by atoms with van der Waals surface area (Å²) in [6.07, 6.45) is 4.44. The van der Waals surface area contributed by atoms with Gasteiger partial charge in [-0.2, -0.15) is 0 Å². The molecule has 3 heteroatoms. The fraction of sp³-hybridized carbons (Fsp3) is 0.462. The van der Waals surface area contributed by atoms with Gasteiger partial charge >= 0.3 is 0 Å². The summed E-state index contributed by atoms with van der Waals surface area (Å²) in [6, 6.07) is 13.3. The van der Waals surface area contributed by atoms with Gasteiger partial charge in [0.2, 0.25) is 0 Å². The second-order valence-electron chi connectivity index (χ2n) is 9.03. The van der Waals surface area contributed by atoms with Crippen molar-refractivity contribution in [3.05, 3.63) is 71.1 Å². The Morgan fingerprint density at radius 2 is 0.966 bits per heavy atom. The van der Waals surface area contributed by atoms with Crippen LogP contribution in [0.2, 0.25) is 0 Å². The van der Waals surface area contributed by atoms with Crippen LogP contribution in [0.25, 0.3) is 0 Å². The Morgan fingerprint density at radius 3 is 1.31 bits per heavy atom. The number of hydrogen-bond donors (Lipinski definition) is 0. The molecule has 2 nitrogen and oxygen atoms in total. The van der Waals surface area contributed by atoms with Gasteiger partial charge in [-0.05, 0) is 46.9 Å². The van der Waals surface area contributed by atoms with E-state index in [4.69, 9.17) is 11.6 Å². The van der Waals surface area contributed by atoms with Crippen LogP contribution in [0.1, 0.15) is 93.9 Å². The third-order valence-corrected chi connectivity index (χ3v) is 6.03. The molecule has 0 aliphatic carbocycles. The van der Waals surface area contributed by atoms with Crippen molar-refractivity contribution in [3.63, 3.8) is 0 Å². The lowest BCUT2D eigenvalue weighted by Gasteiger charge is -2.30. The van der Waals surface area contributed by atoms with Crippen LogP contribution in [0.3, 0.4) is 0 Å². The van der Waals surface area contributed by atoms with E-state index in [-0.39, 0.29) is 5.38 Å². The first kappa shape index (κ1) is 21.8. The molecule has 1 atom stereocenters. The second kappa shape index (κ2) is 8.83. The lowest BCUT2D eigenvalue weighted by atomic mass is 9.92. The van der Waals surface area contributed by atoms with Crippen molar-refractivity contribution < 1.29 is 0 Å². The number of hydrogen-bond acceptors (Lipinski definition) is 2. The first-order chi connectivity index (χ1) is 13.7. The van der Waals surface area contributed by atoms with E-state index >= 15 is 0 Å². The van der Waals surface area contributed by atoms with Crippen molar-refractivity contribution in [1.29, 1.82) is 0 Å². The van der Waals surface area contributed by atoms with E-state index in [2.05, 4.69) is 107 Å². The molecule has 156 valence electrons. The topological polar surface area (TPSA) is 6.48 Å². The van der Waals surface area contributed by atoms with Crippen LogP contribution >= 0.6 is 11.6 Å². The number of para-hydroxylation sites is 2. The van der Waals surface area contributed by atoms with Crippen LogP contribution < -0.4 is 9.80 Å². The molecule has 1 unspecified atom stereocenters. The van der Waals surface area contributed by atoms with Gasteiger partial charge in [0.15, 0.2) is 0 Å². The molecule has 0 spiro atoms. The van der Waals surface area contributed by atoms with E-state index in [1.807, 2.05) is 0 Å². The molecule has 0 bridgehead atoms. The number of rotatable bonds is 6. The van der Waals surface area contributed by atoms with Crippen molar-refractivity contribution in [2.75, 3.05) is 16.5 Å². The Balaban J connectivity index is 2.05. The van der Waals surface area contributed by atoms with Crippen molar-refractivity contribution in [2.24, 2.45) is 0 Å². The molecule has 0 N–H and O–H groups in total. The van der Waals surface area contributed by atoms with Gasteiger partial charge in [0, 0.05) is 18.1 Å². The average molecular weight is 411 g/mol. The number of nitrogens with zero attached hydrogens (tertiary/aromatic N) is 2. The summed E-state index contributed by atoms with van der Waals surface area (Å²) >= 11 is 6.59. The Kier molecular flexibility index (Phi) is 6.63. The maximum Gasteiger partial charge on any atom is 0.0989 e. The minimum atomic E-state index is -0.0275. The van der Waals surface area contributed by atoms with Gasteiger partial charge in [-0.15, -0.1) is 11.6 Å². The van der Waals surface area contributed by atoms with Crippen LogP contribution in [0.5, 0.6) is 0 Å². The number of alkyl halides is 1. The molecule has 1 heterocycles. The lowest BCUT2D eigenvalue weighted by molar-refractivity contribution is 0.811. The minimum absolute atomic E-state index is 0.0275. The van der Waals surface area contributed by atoms with Crippen molar-refractivity contribution in [1.82, 2.24) is 0 Å². The van der Waals surface area contributed by atoms with Gasteiger partial charge in [0.25, 0.3) is 0 Å². The van der Waals surface area contributed by atoms with Gasteiger partial charge in [-0.3, -0.25) is 0 Å². The second-order valence-corrected chi connectivity index (χ2v) is 9.68. The Hall–Kier alpha value is -1.93. The zero-order chi connectivity index (χ0) is 21.3. The lowest BCUT2D eigenvalue weighted by Crippen LogP contribution is -2.28. The highest BCUT2D eigenvalue weighted by Gasteiger charge is 2.26. The highest BCUT2D eigenvalue weighted by atomic mass is 35.5. The molecule has 1 aliphatic rings. The molecule has 2 aromatic rings. The third-order valence-electron chi connectivity index (χ3n) is 5.80. The smallest absolute Gasteiger partial charge is 0.0989 e. The van der Waals surface area contributed by atoms with E-state index in [1.54, 1.807) is 0 Å². The first-order valence-electron chi connectivity index (χ1n) is 10.8. The molecular weight excluding hydrogens is 376 g/mol. The minimum Gasteiger partial charge on any atom is -0.327 e. The summed E-state index contributed by atoms with van der Waals surface area (Å²) in [5.41, 5.74) is 7.99. The van der Waals surface area contributed by atoms with Crippen LogP contribution in [0, 0.1) is 0 Å². The molecule has 3 rings (SSSR count). The summed E-state index contributed by atoms with van der Waals surface area (Å²) in [7, 11) is 0. The zero-order valence-corrected chi connectivity index (χ0v) is 19.7. The number of halogens is 1. The molecular formula is C26H35ClN2. The molecule has 0 fully saturated rings. The van der Waals surface area contributed by atoms with E-state index in [0.717, 1.165) is 6.67 Å². The molecule has 0 saturated carbocycles. The summed E-state index contributed by atoms with van der Waals surface area (Å²) in [4.78, 5) is 4.77. The van der Waals surface area contributed by atoms with Gasteiger partial charge in [-0.1, -0.05) is 77.9 Å². The quantitative estimate of drug-likeness (QED) is 0.443. The van der Waals surface area contributed by atoms with Gasteiger partial charge in [0.05, 0.1) is 17.7 Å². The maximum absolute atomic E-state index is 6.59. The predicted octanol–water partition coefficient (Wildman–Crippen LogP) is 8.11. The SMILES string of the molecule is CC(C)c1cccc(C(C)C)c1N1C=CN(c2c(C(C)C)cccc2C(C)Cl)C1. The first-order valence-corrected chi connectivity index (χ1v) is 11.3. The van der Waals surface area contributed by atoms with Crippen molar-refractivity contribution in [3.8, 4) is 0 Å². The van der Waals surface area contributed by atoms with E-state index in [9.17, 15) is 0 Å². The van der Waals surface area contributed by atoms with Gasteiger partial charge in [-0.25, -0.2) is 0 Å². The van der Waals surface area contributed by atoms with E-state index < -0.39 is 0 Å². The summed E-state index contributed by atoms with van der Waals surface area (Å²) in [5.74, 6) is 1.40. The summed E-state index contributed by atoms with van der Waals surface area (Å²) < 4.78 is 0. The van der Waals surface area contributed by atoms with Crippen LogP contribution in [0.4, 0.5) is 11.4 Å². The normalized spacial score (nSPS) is 15.3. The summed E-state index contributed by atoms with van der Waals surface area (Å²) in [6.45, 7) is 16.5. The third kappa shape index (κ3) is 4.33. The molecule has 0 saturated heterocycles. The van der Waals surface area contributed by atoms with Crippen LogP contribution in [0.15, 0.2) is 48.8 Å². The van der Waals surface area contributed by atoms with Crippen molar-refractivity contribution >= 4 is 23.0 Å². The monoisotopic (exact) mass is 410 g/mol. The van der Waals surface area contributed by atoms with Crippen LogP contribution in [-0.2, 0) is 0 Å².